The van der Waals surface area contributed by atoms with Gasteiger partial charge in [0.25, 0.3) is 5.91 Å². The van der Waals surface area contributed by atoms with Crippen molar-refractivity contribution in [2.45, 2.75) is 19.8 Å². The highest BCUT2D eigenvalue weighted by Crippen LogP contribution is 2.27. The Bertz CT molecular complexity index is 1000. The number of hydrogen-bond donors (Lipinski definition) is 2. The van der Waals surface area contributed by atoms with Crippen LogP contribution in [0.2, 0.25) is 0 Å². The molecule has 0 fully saturated rings. The zero-order valence-corrected chi connectivity index (χ0v) is 15.2. The first kappa shape index (κ1) is 18.2. The van der Waals surface area contributed by atoms with Gasteiger partial charge in [-0.15, -0.1) is 0 Å². The van der Waals surface area contributed by atoms with Crippen molar-refractivity contribution in [1.82, 2.24) is 4.98 Å². The molecule has 134 valence electrons. The fourth-order valence-electron chi connectivity index (χ4n) is 2.77. The first-order chi connectivity index (χ1) is 13.1. The van der Waals surface area contributed by atoms with E-state index in [-0.39, 0.29) is 5.91 Å². The van der Waals surface area contributed by atoms with E-state index in [2.05, 4.69) is 41.6 Å². The Morgan fingerprint density at radius 3 is 2.63 bits per heavy atom. The number of amides is 1. The van der Waals surface area contributed by atoms with E-state index >= 15 is 0 Å². The van der Waals surface area contributed by atoms with Gasteiger partial charge in [-0.3, -0.25) is 9.78 Å². The van der Waals surface area contributed by atoms with E-state index in [1.807, 2.05) is 18.2 Å². The smallest absolute Gasteiger partial charge is 0.257 e. The van der Waals surface area contributed by atoms with E-state index in [4.69, 9.17) is 5.26 Å². The molecule has 0 atom stereocenters. The molecule has 3 rings (SSSR count). The van der Waals surface area contributed by atoms with Crippen LogP contribution < -0.4 is 10.6 Å². The molecule has 1 aromatic heterocycles. The number of aromatic nitrogens is 1. The quantitative estimate of drug-likeness (QED) is 0.669. The van der Waals surface area contributed by atoms with E-state index in [1.165, 1.54) is 11.8 Å². The van der Waals surface area contributed by atoms with Crippen LogP contribution in [-0.2, 0) is 0 Å². The van der Waals surface area contributed by atoms with Crippen LogP contribution >= 0.6 is 0 Å². The van der Waals surface area contributed by atoms with Gasteiger partial charge in [0.2, 0.25) is 0 Å². The van der Waals surface area contributed by atoms with Crippen LogP contribution in [-0.4, -0.2) is 10.9 Å². The summed E-state index contributed by atoms with van der Waals surface area (Å²) in [7, 11) is 0. The fraction of sp³-hybridized carbons (Fsp3) is 0.136. The number of carbonyl (C=O) groups is 1. The Labute approximate surface area is 158 Å². The molecule has 27 heavy (non-hydrogen) atoms. The zero-order valence-electron chi connectivity index (χ0n) is 15.2. The van der Waals surface area contributed by atoms with Crippen molar-refractivity contribution in [3.8, 4) is 6.07 Å². The van der Waals surface area contributed by atoms with Crippen molar-refractivity contribution < 1.29 is 4.79 Å². The summed E-state index contributed by atoms with van der Waals surface area (Å²) in [5.41, 5.74) is 4.43. The molecular formula is C22H20N4O. The normalized spacial score (nSPS) is 10.3. The average molecular weight is 356 g/mol. The van der Waals surface area contributed by atoms with Gasteiger partial charge in [-0.1, -0.05) is 38.1 Å². The molecule has 0 saturated heterocycles. The lowest BCUT2D eigenvalue weighted by atomic mass is 10.0. The first-order valence-corrected chi connectivity index (χ1v) is 8.69. The van der Waals surface area contributed by atoms with Crippen LogP contribution in [0, 0.1) is 11.3 Å². The third-order valence-electron chi connectivity index (χ3n) is 4.11. The second-order valence-electron chi connectivity index (χ2n) is 6.48. The Morgan fingerprint density at radius 2 is 1.85 bits per heavy atom. The highest BCUT2D eigenvalue weighted by atomic mass is 16.1. The minimum atomic E-state index is -0.279. The first-order valence-electron chi connectivity index (χ1n) is 8.69. The SMILES string of the molecule is CC(C)c1ccccc1Nc1cncc(C(=O)Nc2cccc(C#N)c2)c1. The van der Waals surface area contributed by atoms with Gasteiger partial charge in [0.05, 0.1) is 29.1 Å². The molecule has 0 unspecified atom stereocenters. The van der Waals surface area contributed by atoms with Gasteiger partial charge in [-0.05, 0) is 41.8 Å². The second kappa shape index (κ2) is 8.15. The molecule has 5 nitrogen and oxygen atoms in total. The number of anilines is 3. The zero-order chi connectivity index (χ0) is 19.2. The average Bonchev–Trinajstić information content (AvgIpc) is 2.68. The van der Waals surface area contributed by atoms with Crippen LogP contribution in [0.3, 0.4) is 0 Å². The van der Waals surface area contributed by atoms with Crippen LogP contribution in [0.4, 0.5) is 17.1 Å². The van der Waals surface area contributed by atoms with E-state index < -0.39 is 0 Å². The summed E-state index contributed by atoms with van der Waals surface area (Å²) in [6.07, 6.45) is 3.20. The van der Waals surface area contributed by atoms with Crippen molar-refractivity contribution in [3.05, 3.63) is 83.7 Å². The molecule has 1 amide bonds. The molecule has 0 spiro atoms. The highest BCUT2D eigenvalue weighted by Gasteiger charge is 2.10. The van der Waals surface area contributed by atoms with E-state index in [0.29, 0.717) is 22.7 Å². The van der Waals surface area contributed by atoms with Gasteiger partial charge < -0.3 is 10.6 Å². The lowest BCUT2D eigenvalue weighted by Crippen LogP contribution is -2.12. The molecule has 0 aliphatic carbocycles. The summed E-state index contributed by atoms with van der Waals surface area (Å²) in [5, 5.41) is 15.1. The van der Waals surface area contributed by atoms with Gasteiger partial charge >= 0.3 is 0 Å². The molecule has 2 N–H and O–H groups in total. The van der Waals surface area contributed by atoms with Crippen molar-refractivity contribution in [2.75, 3.05) is 10.6 Å². The van der Waals surface area contributed by atoms with E-state index in [0.717, 1.165) is 11.4 Å². The summed E-state index contributed by atoms with van der Waals surface area (Å²) >= 11 is 0. The lowest BCUT2D eigenvalue weighted by Gasteiger charge is -2.15. The number of nitrogens with one attached hydrogen (secondary N) is 2. The summed E-state index contributed by atoms with van der Waals surface area (Å²) in [6, 6.07) is 18.7. The van der Waals surface area contributed by atoms with Crippen LogP contribution in [0.25, 0.3) is 0 Å². The van der Waals surface area contributed by atoms with Gasteiger partial charge in [0.15, 0.2) is 0 Å². The molecule has 5 heteroatoms. The van der Waals surface area contributed by atoms with Crippen LogP contribution in [0.15, 0.2) is 67.0 Å². The summed E-state index contributed by atoms with van der Waals surface area (Å²) in [5.74, 6) is 0.0962. The Balaban J connectivity index is 1.79. The van der Waals surface area contributed by atoms with Gasteiger partial charge in [0.1, 0.15) is 0 Å². The molecule has 2 aromatic carbocycles. The molecule has 0 aliphatic rings. The van der Waals surface area contributed by atoms with Crippen LogP contribution in [0.5, 0.6) is 0 Å². The Kier molecular flexibility index (Phi) is 5.48. The van der Waals surface area contributed by atoms with Gasteiger partial charge in [-0.25, -0.2) is 0 Å². The summed E-state index contributed by atoms with van der Waals surface area (Å²) < 4.78 is 0. The number of para-hydroxylation sites is 1. The van der Waals surface area contributed by atoms with Crippen molar-refractivity contribution in [2.24, 2.45) is 0 Å². The minimum Gasteiger partial charge on any atom is -0.354 e. The largest absolute Gasteiger partial charge is 0.354 e. The Hall–Kier alpha value is -3.65. The number of carbonyl (C=O) groups excluding carboxylic acids is 1. The van der Waals surface area contributed by atoms with Crippen molar-refractivity contribution >= 4 is 23.0 Å². The maximum absolute atomic E-state index is 12.5. The topological polar surface area (TPSA) is 77.8 Å². The maximum Gasteiger partial charge on any atom is 0.257 e. The maximum atomic E-state index is 12.5. The van der Waals surface area contributed by atoms with Gasteiger partial charge in [-0.2, -0.15) is 5.26 Å². The fourth-order valence-corrected chi connectivity index (χ4v) is 2.77. The predicted octanol–water partition coefficient (Wildman–Crippen LogP) is 5.07. The monoisotopic (exact) mass is 356 g/mol. The molecule has 0 radical (unpaired) electrons. The lowest BCUT2D eigenvalue weighted by molar-refractivity contribution is 0.102. The molecular weight excluding hydrogens is 336 g/mol. The molecule has 0 aliphatic heterocycles. The second-order valence-corrected chi connectivity index (χ2v) is 6.48. The number of hydrogen-bond acceptors (Lipinski definition) is 4. The third kappa shape index (κ3) is 4.50. The molecule has 0 saturated carbocycles. The van der Waals surface area contributed by atoms with Crippen molar-refractivity contribution in [1.29, 1.82) is 5.26 Å². The third-order valence-corrected chi connectivity index (χ3v) is 4.11. The van der Waals surface area contributed by atoms with Crippen molar-refractivity contribution in [3.63, 3.8) is 0 Å². The number of nitriles is 1. The molecule has 3 aromatic rings. The number of benzene rings is 2. The van der Waals surface area contributed by atoms with Gasteiger partial charge in [0, 0.05) is 17.6 Å². The molecule has 1 heterocycles. The van der Waals surface area contributed by atoms with Crippen LogP contribution in [0.1, 0.15) is 41.3 Å². The Morgan fingerprint density at radius 1 is 1.04 bits per heavy atom. The number of rotatable bonds is 5. The number of pyridine rings is 1. The highest BCUT2D eigenvalue weighted by molar-refractivity contribution is 6.04. The standard InChI is InChI=1S/C22H20N4O/c1-15(2)20-8-3-4-9-21(20)25-19-11-17(13-24-14-19)22(27)26-18-7-5-6-16(10-18)12-23/h3-11,13-15,25H,1-2H3,(H,26,27). The number of nitrogens with zero attached hydrogens (tertiary/aromatic N) is 2. The predicted molar refractivity (Wildman–Crippen MR) is 107 cm³/mol. The summed E-state index contributed by atoms with van der Waals surface area (Å²) in [6.45, 7) is 4.27. The summed E-state index contributed by atoms with van der Waals surface area (Å²) in [4.78, 5) is 16.7. The van der Waals surface area contributed by atoms with E-state index in [9.17, 15) is 4.79 Å². The minimum absolute atomic E-state index is 0.279. The van der Waals surface area contributed by atoms with E-state index in [1.54, 1.807) is 36.5 Å². The molecule has 0 bridgehead atoms.